The van der Waals surface area contributed by atoms with Crippen LogP contribution in [0.15, 0.2) is 28.8 Å². The summed E-state index contributed by atoms with van der Waals surface area (Å²) in [6, 6.07) is 5.96. The molecule has 1 amide bonds. The summed E-state index contributed by atoms with van der Waals surface area (Å²) in [5, 5.41) is 2.88. The zero-order valence-electron chi connectivity index (χ0n) is 12.0. The number of aryl methyl sites for hydroxylation is 1. The number of anilines is 1. The van der Waals surface area contributed by atoms with Crippen molar-refractivity contribution in [2.45, 2.75) is 39.0 Å². The first kappa shape index (κ1) is 12.9. The van der Waals surface area contributed by atoms with E-state index in [-0.39, 0.29) is 11.3 Å². The Balaban J connectivity index is 1.95. The fourth-order valence-electron chi connectivity index (χ4n) is 2.29. The molecule has 2 aromatic rings. The Kier molecular flexibility index (Phi) is 2.89. The fourth-order valence-corrected chi connectivity index (χ4v) is 2.29. The number of carbonyl (C=O) groups excluding carboxylic acids is 1. The van der Waals surface area contributed by atoms with E-state index < -0.39 is 0 Å². The Morgan fingerprint density at radius 3 is 2.75 bits per heavy atom. The largest absolute Gasteiger partial charge is 0.440 e. The van der Waals surface area contributed by atoms with Crippen LogP contribution in [0, 0.1) is 0 Å². The second-order valence-electron chi connectivity index (χ2n) is 6.20. The number of hydrogen-bond acceptors (Lipinski definition) is 3. The van der Waals surface area contributed by atoms with Crippen molar-refractivity contribution < 1.29 is 9.21 Å². The van der Waals surface area contributed by atoms with Gasteiger partial charge in [0.15, 0.2) is 11.7 Å². The lowest BCUT2D eigenvalue weighted by molar-refractivity contribution is -0.116. The highest BCUT2D eigenvalue weighted by Gasteiger charge is 2.21. The van der Waals surface area contributed by atoms with Crippen LogP contribution in [0.1, 0.15) is 38.6 Å². The molecule has 0 aliphatic carbocycles. The van der Waals surface area contributed by atoms with Gasteiger partial charge in [-0.25, -0.2) is 4.98 Å². The fraction of sp³-hybridized carbons (Fsp3) is 0.375. The molecule has 1 aliphatic rings. The molecular weight excluding hydrogens is 252 g/mol. The van der Waals surface area contributed by atoms with Gasteiger partial charge in [-0.1, -0.05) is 20.8 Å². The van der Waals surface area contributed by atoms with E-state index in [0.717, 1.165) is 34.9 Å². The van der Waals surface area contributed by atoms with Crippen LogP contribution in [-0.2, 0) is 16.6 Å². The molecule has 1 aliphatic heterocycles. The van der Waals surface area contributed by atoms with E-state index in [1.54, 1.807) is 6.20 Å². The maximum absolute atomic E-state index is 11.4. The molecular formula is C16H18N2O2. The molecule has 1 aromatic heterocycles. The Labute approximate surface area is 118 Å². The summed E-state index contributed by atoms with van der Waals surface area (Å²) >= 11 is 0. The van der Waals surface area contributed by atoms with Gasteiger partial charge in [-0.3, -0.25) is 4.79 Å². The molecule has 20 heavy (non-hydrogen) atoms. The molecule has 0 radical (unpaired) electrons. The highest BCUT2D eigenvalue weighted by molar-refractivity contribution is 5.94. The molecule has 0 atom stereocenters. The van der Waals surface area contributed by atoms with Gasteiger partial charge in [-0.2, -0.15) is 0 Å². The van der Waals surface area contributed by atoms with Crippen molar-refractivity contribution >= 4 is 11.6 Å². The molecule has 0 unspecified atom stereocenters. The molecule has 104 valence electrons. The predicted molar refractivity (Wildman–Crippen MR) is 77.6 cm³/mol. The van der Waals surface area contributed by atoms with Crippen LogP contribution in [0.2, 0.25) is 0 Å². The quantitative estimate of drug-likeness (QED) is 0.862. The molecule has 4 nitrogen and oxygen atoms in total. The number of aromatic nitrogens is 1. The molecule has 1 aromatic carbocycles. The van der Waals surface area contributed by atoms with Crippen molar-refractivity contribution in [2.24, 2.45) is 0 Å². The summed E-state index contributed by atoms with van der Waals surface area (Å²) in [5.41, 5.74) is 2.96. The zero-order valence-corrected chi connectivity index (χ0v) is 12.0. The van der Waals surface area contributed by atoms with Crippen molar-refractivity contribution in [3.05, 3.63) is 35.9 Å². The Bertz CT molecular complexity index is 665. The number of carbonyl (C=O) groups is 1. The third-order valence-electron chi connectivity index (χ3n) is 3.43. The standard InChI is InChI=1S/C16H18N2O2/c1-16(2,3)15-17-9-13(20-15)11-4-6-12-10(8-11)5-7-14(19)18-12/h4,6,8-9H,5,7H2,1-3H3,(H,18,19). The normalized spacial score (nSPS) is 14.8. The average molecular weight is 270 g/mol. The minimum absolute atomic E-state index is 0.0833. The van der Waals surface area contributed by atoms with E-state index >= 15 is 0 Å². The van der Waals surface area contributed by atoms with Crippen LogP contribution in [0.5, 0.6) is 0 Å². The van der Waals surface area contributed by atoms with Crippen molar-refractivity contribution in [1.82, 2.24) is 4.98 Å². The van der Waals surface area contributed by atoms with Gasteiger partial charge in [0.05, 0.1) is 6.20 Å². The lowest BCUT2D eigenvalue weighted by atomic mass is 9.97. The summed E-state index contributed by atoms with van der Waals surface area (Å²) in [7, 11) is 0. The predicted octanol–water partition coefficient (Wildman–Crippen LogP) is 3.52. The minimum atomic E-state index is -0.0968. The summed E-state index contributed by atoms with van der Waals surface area (Å²) < 4.78 is 5.85. The first-order valence-electron chi connectivity index (χ1n) is 6.83. The van der Waals surface area contributed by atoms with Crippen molar-refractivity contribution in [3.63, 3.8) is 0 Å². The van der Waals surface area contributed by atoms with Gasteiger partial charge in [0, 0.05) is 23.1 Å². The average Bonchev–Trinajstić information content (AvgIpc) is 2.87. The van der Waals surface area contributed by atoms with E-state index in [2.05, 4.69) is 37.1 Å². The second-order valence-corrected chi connectivity index (χ2v) is 6.20. The van der Waals surface area contributed by atoms with Gasteiger partial charge < -0.3 is 9.73 Å². The number of nitrogens with zero attached hydrogens (tertiary/aromatic N) is 1. The second kappa shape index (κ2) is 4.47. The van der Waals surface area contributed by atoms with Crippen LogP contribution in [-0.4, -0.2) is 10.9 Å². The van der Waals surface area contributed by atoms with Crippen molar-refractivity contribution in [2.75, 3.05) is 5.32 Å². The van der Waals surface area contributed by atoms with Gasteiger partial charge >= 0.3 is 0 Å². The third kappa shape index (κ3) is 2.33. The summed E-state index contributed by atoms with van der Waals surface area (Å²) in [6.07, 6.45) is 3.08. The number of oxazole rings is 1. The van der Waals surface area contributed by atoms with Gasteiger partial charge in [0.2, 0.25) is 5.91 Å². The summed E-state index contributed by atoms with van der Waals surface area (Å²) in [5.74, 6) is 1.59. The highest BCUT2D eigenvalue weighted by atomic mass is 16.4. The topological polar surface area (TPSA) is 55.1 Å². The van der Waals surface area contributed by atoms with Crippen LogP contribution in [0.4, 0.5) is 5.69 Å². The minimum Gasteiger partial charge on any atom is -0.440 e. The van der Waals surface area contributed by atoms with Crippen molar-refractivity contribution in [1.29, 1.82) is 0 Å². The monoisotopic (exact) mass is 270 g/mol. The lowest BCUT2D eigenvalue weighted by Crippen LogP contribution is -2.18. The van der Waals surface area contributed by atoms with Crippen LogP contribution < -0.4 is 5.32 Å². The molecule has 1 N–H and O–H groups in total. The number of fused-ring (bicyclic) bond motifs is 1. The number of rotatable bonds is 1. The molecule has 3 rings (SSSR count). The maximum Gasteiger partial charge on any atom is 0.224 e. The zero-order chi connectivity index (χ0) is 14.3. The SMILES string of the molecule is CC(C)(C)c1ncc(-c2ccc3c(c2)CCC(=O)N3)o1. The molecule has 0 spiro atoms. The Morgan fingerprint density at radius 2 is 2.05 bits per heavy atom. The van der Waals surface area contributed by atoms with Gasteiger partial charge in [-0.05, 0) is 30.2 Å². The number of amides is 1. The molecule has 4 heteroatoms. The molecule has 0 saturated heterocycles. The Hall–Kier alpha value is -2.10. The number of benzene rings is 1. The maximum atomic E-state index is 11.4. The van der Waals surface area contributed by atoms with E-state index in [4.69, 9.17) is 4.42 Å². The van der Waals surface area contributed by atoms with Crippen molar-refractivity contribution in [3.8, 4) is 11.3 Å². The molecule has 0 bridgehead atoms. The first-order chi connectivity index (χ1) is 9.43. The van der Waals surface area contributed by atoms with Gasteiger partial charge in [0.25, 0.3) is 0 Å². The van der Waals surface area contributed by atoms with E-state index in [9.17, 15) is 4.79 Å². The summed E-state index contributed by atoms with van der Waals surface area (Å²) in [4.78, 5) is 15.7. The number of nitrogens with one attached hydrogen (secondary N) is 1. The smallest absolute Gasteiger partial charge is 0.224 e. The van der Waals surface area contributed by atoms with Gasteiger partial charge in [0.1, 0.15) is 0 Å². The van der Waals surface area contributed by atoms with Crippen LogP contribution in [0.3, 0.4) is 0 Å². The first-order valence-corrected chi connectivity index (χ1v) is 6.83. The number of hydrogen-bond donors (Lipinski definition) is 1. The third-order valence-corrected chi connectivity index (χ3v) is 3.43. The van der Waals surface area contributed by atoms with E-state index in [0.29, 0.717) is 6.42 Å². The van der Waals surface area contributed by atoms with Gasteiger partial charge in [-0.15, -0.1) is 0 Å². The summed E-state index contributed by atoms with van der Waals surface area (Å²) in [6.45, 7) is 6.22. The van der Waals surface area contributed by atoms with Crippen LogP contribution in [0.25, 0.3) is 11.3 Å². The molecule has 2 heterocycles. The lowest BCUT2D eigenvalue weighted by Gasteiger charge is -2.17. The molecule has 0 fully saturated rings. The Morgan fingerprint density at radius 1 is 1.25 bits per heavy atom. The van der Waals surface area contributed by atoms with E-state index in [1.165, 1.54) is 0 Å². The van der Waals surface area contributed by atoms with Crippen LogP contribution >= 0.6 is 0 Å². The van der Waals surface area contributed by atoms with E-state index in [1.807, 2.05) is 12.1 Å². The molecule has 0 saturated carbocycles. The highest BCUT2D eigenvalue weighted by Crippen LogP contribution is 2.31.